The quantitative estimate of drug-likeness (QED) is 0.190. The van der Waals surface area contributed by atoms with Gasteiger partial charge in [0.2, 0.25) is 10.0 Å². The molecule has 1 aliphatic heterocycles. The molecule has 0 aliphatic carbocycles. The van der Waals surface area contributed by atoms with Gasteiger partial charge in [0.1, 0.15) is 11.6 Å². The zero-order valence-corrected chi connectivity index (χ0v) is 25.7. The molecule has 0 radical (unpaired) electrons. The second kappa shape index (κ2) is 12.6. The van der Waals surface area contributed by atoms with E-state index in [1.807, 2.05) is 0 Å². The molecule has 0 saturated carbocycles. The summed E-state index contributed by atoms with van der Waals surface area (Å²) in [5.41, 5.74) is 1.78. The van der Waals surface area contributed by atoms with Crippen molar-refractivity contribution in [2.45, 2.75) is 37.4 Å². The van der Waals surface area contributed by atoms with Gasteiger partial charge in [-0.1, -0.05) is 48.3 Å². The van der Waals surface area contributed by atoms with Crippen molar-refractivity contribution in [3.8, 4) is 5.75 Å². The van der Waals surface area contributed by atoms with Crippen LogP contribution in [0.25, 0.3) is 0 Å². The van der Waals surface area contributed by atoms with Crippen LogP contribution < -0.4 is 13.9 Å². The van der Waals surface area contributed by atoms with E-state index in [4.69, 9.17) is 27.4 Å². The van der Waals surface area contributed by atoms with Gasteiger partial charge in [-0.25, -0.2) is 17.5 Å². The number of rotatable bonds is 10. The van der Waals surface area contributed by atoms with Crippen LogP contribution in [-0.4, -0.2) is 41.0 Å². The first-order chi connectivity index (χ1) is 20.0. The van der Waals surface area contributed by atoms with Crippen molar-refractivity contribution >= 4 is 54.7 Å². The molecular weight excluding hydrogens is 657 g/mol. The van der Waals surface area contributed by atoms with Crippen molar-refractivity contribution in [1.82, 2.24) is 4.72 Å². The monoisotopic (exact) mass is 681 g/mol. The zero-order valence-electron chi connectivity index (χ0n) is 22.6. The Balaban J connectivity index is 1.61. The van der Waals surface area contributed by atoms with E-state index in [0.717, 1.165) is 12.1 Å². The highest BCUT2D eigenvalue weighted by Crippen LogP contribution is 2.42. The van der Waals surface area contributed by atoms with Crippen molar-refractivity contribution < 1.29 is 38.6 Å². The normalized spacial score (nSPS) is 17.7. The SMILES string of the molecule is Cc1ccc(F)cc1S(=O)(=O)NCC1=NN(c2ccc(Cl)cc2Cl)C(c2ccc(OS(=O)(=O)CCC(F)(F)F)cc2)[C@@H]1C. The molecule has 2 atom stereocenters. The summed E-state index contributed by atoms with van der Waals surface area (Å²) in [6.45, 7) is 3.11. The largest absolute Gasteiger partial charge is 0.390 e. The molecule has 4 rings (SSSR count). The number of nitrogens with one attached hydrogen (secondary N) is 1. The van der Waals surface area contributed by atoms with Crippen molar-refractivity contribution in [2.24, 2.45) is 11.0 Å². The maximum atomic E-state index is 13.8. The molecule has 232 valence electrons. The van der Waals surface area contributed by atoms with Crippen molar-refractivity contribution in [3.05, 3.63) is 87.7 Å². The molecule has 8 nitrogen and oxygen atoms in total. The van der Waals surface area contributed by atoms with Crippen LogP contribution in [0.3, 0.4) is 0 Å². The highest BCUT2D eigenvalue weighted by molar-refractivity contribution is 7.89. The van der Waals surface area contributed by atoms with Crippen LogP contribution in [0.5, 0.6) is 5.75 Å². The standard InChI is InChI=1S/C27H25Cl2F4N3O5S2/c1-16-3-7-20(30)14-25(16)43(39,40)34-15-23-17(2)26(36(35-23)24-10-6-19(28)13-22(24)29)18-4-8-21(9-5-18)41-42(37,38)12-11-27(31,32)33/h3-10,13-14,17,26,34H,11-12,15H2,1-2H3/t17-,26?/m1/s1. The Kier molecular flexibility index (Phi) is 9.67. The molecule has 0 saturated heterocycles. The van der Waals surface area contributed by atoms with Crippen LogP contribution in [0.1, 0.15) is 30.5 Å². The van der Waals surface area contributed by atoms with Crippen molar-refractivity contribution in [1.29, 1.82) is 0 Å². The van der Waals surface area contributed by atoms with Crippen molar-refractivity contribution in [3.63, 3.8) is 0 Å². The van der Waals surface area contributed by atoms with Crippen molar-refractivity contribution in [2.75, 3.05) is 17.3 Å². The molecular formula is C27H25Cl2F4N3O5S2. The lowest BCUT2D eigenvalue weighted by molar-refractivity contribution is -0.130. The molecule has 0 aromatic heterocycles. The third-order valence-electron chi connectivity index (χ3n) is 6.62. The maximum Gasteiger partial charge on any atom is 0.390 e. The second-order valence-corrected chi connectivity index (χ2v) is 14.0. The number of hydrogen-bond donors (Lipinski definition) is 1. The Hall–Kier alpha value is -2.91. The molecule has 1 unspecified atom stereocenters. The fourth-order valence-corrected chi connectivity index (χ4v) is 7.16. The predicted octanol–water partition coefficient (Wildman–Crippen LogP) is 6.63. The first kappa shape index (κ1) is 33.0. The van der Waals surface area contributed by atoms with E-state index in [1.54, 1.807) is 31.0 Å². The van der Waals surface area contributed by atoms with Crippen LogP contribution in [-0.2, 0) is 20.1 Å². The summed E-state index contributed by atoms with van der Waals surface area (Å²) in [7, 11) is -8.62. The molecule has 16 heteroatoms. The van der Waals surface area contributed by atoms with E-state index in [2.05, 4.69) is 9.82 Å². The smallest absolute Gasteiger partial charge is 0.382 e. The van der Waals surface area contributed by atoms with Crippen LogP contribution >= 0.6 is 23.2 Å². The summed E-state index contributed by atoms with van der Waals surface area (Å²) in [4.78, 5) is -0.214. The first-order valence-corrected chi connectivity index (χ1v) is 16.4. The van der Waals surface area contributed by atoms with Crippen LogP contribution in [0.15, 0.2) is 70.7 Å². The third kappa shape index (κ3) is 8.18. The Morgan fingerprint density at radius 1 is 1.00 bits per heavy atom. The summed E-state index contributed by atoms with van der Waals surface area (Å²) >= 11 is 12.5. The van der Waals surface area contributed by atoms with E-state index in [9.17, 15) is 34.4 Å². The Morgan fingerprint density at radius 2 is 1.67 bits per heavy atom. The number of hydrazone groups is 1. The van der Waals surface area contributed by atoms with Gasteiger partial charge in [0.05, 0.1) is 46.1 Å². The minimum absolute atomic E-state index is 0.188. The number of sulfonamides is 1. The van der Waals surface area contributed by atoms with Gasteiger partial charge < -0.3 is 4.18 Å². The highest BCUT2D eigenvalue weighted by atomic mass is 35.5. The molecule has 1 heterocycles. The van der Waals surface area contributed by atoms with Gasteiger partial charge in [-0.3, -0.25) is 5.01 Å². The fourth-order valence-electron chi connectivity index (χ4n) is 4.44. The lowest BCUT2D eigenvalue weighted by atomic mass is 9.91. The molecule has 0 bridgehead atoms. The van der Waals surface area contributed by atoms with Gasteiger partial charge in [0, 0.05) is 10.9 Å². The Morgan fingerprint density at radius 3 is 2.30 bits per heavy atom. The van der Waals surface area contributed by atoms with Crippen LogP contribution in [0.2, 0.25) is 10.0 Å². The van der Waals surface area contributed by atoms with Crippen LogP contribution in [0.4, 0.5) is 23.2 Å². The predicted molar refractivity (Wildman–Crippen MR) is 156 cm³/mol. The minimum atomic E-state index is -4.66. The van der Waals surface area contributed by atoms with Gasteiger partial charge in [-0.15, -0.1) is 0 Å². The molecule has 1 aliphatic rings. The van der Waals surface area contributed by atoms with Crippen LogP contribution in [0, 0.1) is 18.7 Å². The van der Waals surface area contributed by atoms with Gasteiger partial charge >= 0.3 is 16.3 Å². The summed E-state index contributed by atoms with van der Waals surface area (Å²) in [6.07, 6.45) is -6.21. The zero-order chi connectivity index (χ0) is 31.7. The number of anilines is 1. The molecule has 3 aromatic carbocycles. The second-order valence-electron chi connectivity index (χ2n) is 9.78. The molecule has 3 aromatic rings. The molecule has 0 amide bonds. The number of halogens is 6. The molecule has 43 heavy (non-hydrogen) atoms. The minimum Gasteiger partial charge on any atom is -0.382 e. The third-order valence-corrected chi connectivity index (χ3v) is 9.85. The maximum absolute atomic E-state index is 13.8. The average molecular weight is 683 g/mol. The number of hydrogen-bond acceptors (Lipinski definition) is 7. The van der Waals surface area contributed by atoms with E-state index in [-0.39, 0.29) is 22.2 Å². The Labute approximate surface area is 256 Å². The van der Waals surface area contributed by atoms with E-state index < -0.39 is 56.3 Å². The van der Waals surface area contributed by atoms with Gasteiger partial charge in [0.25, 0.3) is 0 Å². The summed E-state index contributed by atoms with van der Waals surface area (Å²) in [5, 5.41) is 6.83. The highest BCUT2D eigenvalue weighted by Gasteiger charge is 2.38. The van der Waals surface area contributed by atoms with E-state index in [1.165, 1.54) is 36.4 Å². The topological polar surface area (TPSA) is 105 Å². The number of aryl methyl sites for hydroxylation is 1. The van der Waals surface area contributed by atoms with Gasteiger partial charge in [-0.05, 0) is 60.5 Å². The van der Waals surface area contributed by atoms with E-state index >= 15 is 0 Å². The first-order valence-electron chi connectivity index (χ1n) is 12.6. The number of alkyl halides is 3. The molecule has 1 N–H and O–H groups in total. The summed E-state index contributed by atoms with van der Waals surface area (Å²) in [5.74, 6) is -2.57. The summed E-state index contributed by atoms with van der Waals surface area (Å²) < 4.78 is 109. The van der Waals surface area contributed by atoms with Gasteiger partial charge in [-0.2, -0.15) is 26.7 Å². The molecule has 0 spiro atoms. The average Bonchev–Trinajstić information content (AvgIpc) is 3.23. The Bertz CT molecular complexity index is 1750. The molecule has 0 fully saturated rings. The van der Waals surface area contributed by atoms with E-state index in [0.29, 0.717) is 27.5 Å². The lowest BCUT2D eigenvalue weighted by Gasteiger charge is -2.28. The lowest BCUT2D eigenvalue weighted by Crippen LogP contribution is -2.32. The summed E-state index contributed by atoms with van der Waals surface area (Å²) in [6, 6.07) is 13.2. The fraction of sp³-hybridized carbons (Fsp3) is 0.296. The number of nitrogens with zero attached hydrogens (tertiary/aromatic N) is 2. The van der Waals surface area contributed by atoms with Gasteiger partial charge in [0.15, 0.2) is 0 Å². The number of benzene rings is 3.